The number of aliphatic carboxylic acids is 1. The normalized spacial score (nSPS) is 24.4. The maximum absolute atomic E-state index is 14.4. The van der Waals surface area contributed by atoms with Crippen LogP contribution in [0.4, 0.5) is 4.39 Å². The van der Waals surface area contributed by atoms with Crippen LogP contribution < -0.4 is 5.32 Å². The maximum Gasteiger partial charge on any atom is 0.327 e. The molecule has 0 bridgehead atoms. The number of hydrogen-bond acceptors (Lipinski definition) is 6. The summed E-state index contributed by atoms with van der Waals surface area (Å²) >= 11 is 7.40. The van der Waals surface area contributed by atoms with E-state index in [2.05, 4.69) is 10.5 Å². The molecule has 0 radical (unpaired) electrons. The van der Waals surface area contributed by atoms with Crippen molar-refractivity contribution >= 4 is 41.1 Å². The fourth-order valence-corrected chi connectivity index (χ4v) is 5.77. The van der Waals surface area contributed by atoms with Gasteiger partial charge < -0.3 is 19.8 Å². The molecule has 0 saturated carbocycles. The SMILES string of the molecule is Cc1onc(-c2c(F)cccc2Cl)c1C(=O)N[C@@H]1C(=O)N2C1SC(C)(C)[C@@H]2C(=O)O. The third kappa shape index (κ3) is 2.97. The van der Waals surface area contributed by atoms with Gasteiger partial charge in [0.15, 0.2) is 0 Å². The van der Waals surface area contributed by atoms with E-state index in [0.717, 1.165) is 0 Å². The van der Waals surface area contributed by atoms with Crippen molar-refractivity contribution in [2.45, 2.75) is 43.0 Å². The first-order valence-electron chi connectivity index (χ1n) is 8.99. The Bertz CT molecular complexity index is 1070. The van der Waals surface area contributed by atoms with E-state index in [0.29, 0.717) is 0 Å². The fraction of sp³-hybridized carbons (Fsp3) is 0.368. The average Bonchev–Trinajstić information content (AvgIpc) is 3.14. The van der Waals surface area contributed by atoms with E-state index in [-0.39, 0.29) is 27.6 Å². The molecule has 3 atom stereocenters. The number of hydrogen-bond donors (Lipinski definition) is 2. The fourth-order valence-electron chi connectivity index (χ4n) is 3.89. The molecule has 2 saturated heterocycles. The molecule has 2 aromatic rings. The standard InChI is InChI=1S/C19H17ClFN3O5S/c1-7-10(12(23-29-7)11-8(20)5-4-6-9(11)21)15(25)22-13-16(26)24-14(18(27)28)19(2,3)30-17(13)24/h4-6,13-14,17H,1-3H3,(H,22,25)(H,27,28)/t13-,14+,17?/m1/s1. The number of thioether (sulfide) groups is 1. The van der Waals surface area contributed by atoms with Crippen LogP contribution in [0.5, 0.6) is 0 Å². The van der Waals surface area contributed by atoms with Gasteiger partial charge in [-0.2, -0.15) is 0 Å². The van der Waals surface area contributed by atoms with Gasteiger partial charge in [-0.05, 0) is 32.9 Å². The van der Waals surface area contributed by atoms with Gasteiger partial charge in [-0.1, -0.05) is 22.8 Å². The minimum absolute atomic E-state index is 0.0368. The van der Waals surface area contributed by atoms with Gasteiger partial charge in [-0.3, -0.25) is 9.59 Å². The first-order valence-corrected chi connectivity index (χ1v) is 10.2. The van der Waals surface area contributed by atoms with Gasteiger partial charge in [0, 0.05) is 4.75 Å². The molecule has 4 rings (SSSR count). The third-order valence-electron chi connectivity index (χ3n) is 5.25. The maximum atomic E-state index is 14.4. The number of β-lactam (4-membered cyclic amide) rings is 1. The van der Waals surface area contributed by atoms with Crippen LogP contribution in [0.3, 0.4) is 0 Å². The largest absolute Gasteiger partial charge is 0.480 e. The van der Waals surface area contributed by atoms with Crippen LogP contribution in [-0.2, 0) is 9.59 Å². The van der Waals surface area contributed by atoms with Crippen molar-refractivity contribution in [1.29, 1.82) is 0 Å². The zero-order chi connectivity index (χ0) is 22.0. The Hall–Kier alpha value is -2.59. The molecule has 2 aliphatic heterocycles. The number of benzene rings is 1. The Kier molecular flexibility index (Phi) is 4.81. The molecule has 158 valence electrons. The third-order valence-corrected chi connectivity index (χ3v) is 7.14. The zero-order valence-electron chi connectivity index (χ0n) is 16.1. The van der Waals surface area contributed by atoms with E-state index in [4.69, 9.17) is 16.1 Å². The lowest BCUT2D eigenvalue weighted by Gasteiger charge is -2.43. The first kappa shape index (κ1) is 20.7. The van der Waals surface area contributed by atoms with E-state index in [1.807, 2.05) is 0 Å². The van der Waals surface area contributed by atoms with Crippen LogP contribution in [0.1, 0.15) is 30.0 Å². The summed E-state index contributed by atoms with van der Waals surface area (Å²) in [4.78, 5) is 38.5. The van der Waals surface area contributed by atoms with E-state index in [9.17, 15) is 23.9 Å². The zero-order valence-corrected chi connectivity index (χ0v) is 17.7. The number of carbonyl (C=O) groups excluding carboxylic acids is 2. The number of aromatic nitrogens is 1. The van der Waals surface area contributed by atoms with E-state index < -0.39 is 45.8 Å². The van der Waals surface area contributed by atoms with Crippen LogP contribution in [0.25, 0.3) is 11.3 Å². The second-order valence-corrected chi connectivity index (χ2v) is 9.79. The molecule has 11 heteroatoms. The number of carbonyl (C=O) groups is 3. The Labute approximate surface area is 179 Å². The molecule has 1 aromatic heterocycles. The molecule has 0 spiro atoms. The van der Waals surface area contributed by atoms with Gasteiger partial charge in [0.2, 0.25) is 5.91 Å². The lowest BCUT2D eigenvalue weighted by atomic mass is 9.95. The number of nitrogens with one attached hydrogen (secondary N) is 1. The quantitative estimate of drug-likeness (QED) is 0.684. The number of amides is 2. The summed E-state index contributed by atoms with van der Waals surface area (Å²) < 4.78 is 18.7. The number of carboxylic acid groups (broad SMARTS) is 1. The van der Waals surface area contributed by atoms with E-state index in [1.54, 1.807) is 13.8 Å². The molecular weight excluding hydrogens is 437 g/mol. The molecule has 8 nitrogen and oxygen atoms in total. The Morgan fingerprint density at radius 3 is 2.73 bits per heavy atom. The van der Waals surface area contributed by atoms with Gasteiger partial charge in [-0.25, -0.2) is 9.18 Å². The Balaban J connectivity index is 1.62. The molecule has 1 unspecified atom stereocenters. The molecule has 2 N–H and O–H groups in total. The number of fused-ring (bicyclic) bond motifs is 1. The van der Waals surface area contributed by atoms with Gasteiger partial charge in [0.1, 0.15) is 40.3 Å². The van der Waals surface area contributed by atoms with Crippen LogP contribution in [0.15, 0.2) is 22.7 Å². The molecule has 2 amide bonds. The van der Waals surface area contributed by atoms with Gasteiger partial charge in [-0.15, -0.1) is 11.8 Å². The summed E-state index contributed by atoms with van der Waals surface area (Å²) in [7, 11) is 0. The molecular formula is C19H17ClFN3O5S. The Morgan fingerprint density at radius 1 is 1.40 bits per heavy atom. The van der Waals surface area contributed by atoms with Crippen molar-refractivity contribution in [2.75, 3.05) is 0 Å². The van der Waals surface area contributed by atoms with Crippen LogP contribution in [-0.4, -0.2) is 55.2 Å². The first-order chi connectivity index (χ1) is 14.0. The van der Waals surface area contributed by atoms with Gasteiger partial charge in [0.05, 0.1) is 10.6 Å². The number of aryl methyl sites for hydroxylation is 1. The predicted molar refractivity (Wildman–Crippen MR) is 107 cm³/mol. The topological polar surface area (TPSA) is 113 Å². The highest BCUT2D eigenvalue weighted by molar-refractivity contribution is 8.01. The molecule has 1 aromatic carbocycles. The predicted octanol–water partition coefficient (Wildman–Crippen LogP) is 2.69. The van der Waals surface area contributed by atoms with Crippen molar-refractivity contribution in [1.82, 2.24) is 15.4 Å². The van der Waals surface area contributed by atoms with Gasteiger partial charge in [0.25, 0.3) is 5.91 Å². The molecule has 2 aliphatic rings. The highest BCUT2D eigenvalue weighted by Gasteiger charge is 2.64. The van der Waals surface area contributed by atoms with Crippen molar-refractivity contribution in [3.8, 4) is 11.3 Å². The molecule has 2 fully saturated rings. The monoisotopic (exact) mass is 453 g/mol. The molecule has 30 heavy (non-hydrogen) atoms. The van der Waals surface area contributed by atoms with Gasteiger partial charge >= 0.3 is 5.97 Å². The highest BCUT2D eigenvalue weighted by atomic mass is 35.5. The highest BCUT2D eigenvalue weighted by Crippen LogP contribution is 2.50. The van der Waals surface area contributed by atoms with Crippen LogP contribution in [0.2, 0.25) is 5.02 Å². The second-order valence-electron chi connectivity index (χ2n) is 7.61. The lowest BCUT2D eigenvalue weighted by molar-refractivity contribution is -0.159. The summed E-state index contributed by atoms with van der Waals surface area (Å²) in [5.74, 6) is -2.81. The van der Waals surface area contributed by atoms with Crippen molar-refractivity contribution in [2.24, 2.45) is 0 Å². The summed E-state index contributed by atoms with van der Waals surface area (Å²) in [6.45, 7) is 4.97. The smallest absolute Gasteiger partial charge is 0.327 e. The molecule has 0 aliphatic carbocycles. The van der Waals surface area contributed by atoms with Crippen molar-refractivity contribution in [3.63, 3.8) is 0 Å². The minimum atomic E-state index is -1.10. The van der Waals surface area contributed by atoms with E-state index in [1.165, 1.54) is 41.8 Å². The summed E-state index contributed by atoms with van der Waals surface area (Å²) in [5, 5.41) is 15.4. The lowest BCUT2D eigenvalue weighted by Crippen LogP contribution is -2.70. The number of nitrogens with zero attached hydrogens (tertiary/aromatic N) is 2. The van der Waals surface area contributed by atoms with Crippen LogP contribution >= 0.6 is 23.4 Å². The molecule has 3 heterocycles. The Morgan fingerprint density at radius 2 is 2.10 bits per heavy atom. The minimum Gasteiger partial charge on any atom is -0.480 e. The number of carboxylic acids is 1. The second kappa shape index (κ2) is 6.98. The van der Waals surface area contributed by atoms with Crippen molar-refractivity contribution < 1.29 is 28.4 Å². The summed E-state index contributed by atoms with van der Waals surface area (Å²) in [5.41, 5.74) is -0.185. The average molecular weight is 454 g/mol. The number of halogens is 2. The number of rotatable bonds is 4. The van der Waals surface area contributed by atoms with E-state index >= 15 is 0 Å². The summed E-state index contributed by atoms with van der Waals surface area (Å²) in [6.07, 6.45) is 0. The summed E-state index contributed by atoms with van der Waals surface area (Å²) in [6, 6.07) is 2.17. The van der Waals surface area contributed by atoms with Crippen LogP contribution in [0, 0.1) is 12.7 Å². The van der Waals surface area contributed by atoms with Crippen molar-refractivity contribution in [3.05, 3.63) is 40.4 Å².